The molecule has 5 heterocycles. The summed E-state index contributed by atoms with van der Waals surface area (Å²) in [5, 5.41) is 29.4. The predicted molar refractivity (Wildman–Crippen MR) is 147 cm³/mol. The highest BCUT2D eigenvalue weighted by Crippen LogP contribution is 2.28. The summed E-state index contributed by atoms with van der Waals surface area (Å²) in [6.45, 7) is 3.59. The first-order valence-electron chi connectivity index (χ1n) is 12.9. The number of nitrogens with one attached hydrogen (secondary N) is 2. The van der Waals surface area contributed by atoms with Gasteiger partial charge in [0.15, 0.2) is 11.4 Å². The first-order valence-corrected chi connectivity index (χ1v) is 12.9. The summed E-state index contributed by atoms with van der Waals surface area (Å²) in [5.74, 6) is 0.593. The maximum absolute atomic E-state index is 14.4. The number of amides is 1. The van der Waals surface area contributed by atoms with Gasteiger partial charge in [-0.25, -0.2) is 23.9 Å². The molecule has 1 fully saturated rings. The second-order valence-corrected chi connectivity index (χ2v) is 10.2. The topological polar surface area (TPSA) is 166 Å². The first-order chi connectivity index (χ1) is 19.7. The lowest BCUT2D eigenvalue weighted by molar-refractivity contribution is -0.00177. The van der Waals surface area contributed by atoms with Crippen LogP contribution in [0.5, 0.6) is 5.75 Å². The van der Waals surface area contributed by atoms with Gasteiger partial charge in [0.1, 0.15) is 12.2 Å². The van der Waals surface area contributed by atoms with Crippen LogP contribution in [0.25, 0.3) is 16.9 Å². The Bertz CT molecular complexity index is 1600. The third kappa shape index (κ3) is 5.99. The zero-order chi connectivity index (χ0) is 29.1. The van der Waals surface area contributed by atoms with Crippen LogP contribution in [0, 0.1) is 11.3 Å². The molecule has 14 heteroatoms. The number of carbonyl (C=O) groups excluding carboxylic acids is 1. The van der Waals surface area contributed by atoms with Crippen molar-refractivity contribution >= 4 is 23.2 Å². The normalized spacial score (nSPS) is 15.9. The average molecular weight is 561 g/mol. The van der Waals surface area contributed by atoms with E-state index in [4.69, 9.17) is 10.00 Å². The van der Waals surface area contributed by atoms with Crippen LogP contribution >= 0.6 is 0 Å². The van der Waals surface area contributed by atoms with Gasteiger partial charge in [0.05, 0.1) is 72.1 Å². The lowest BCUT2D eigenvalue weighted by Crippen LogP contribution is -2.42. The Hall–Kier alpha value is -4.90. The van der Waals surface area contributed by atoms with E-state index >= 15 is 0 Å². The highest BCUT2D eigenvalue weighted by atomic mass is 19.1. The Labute approximate surface area is 235 Å². The second kappa shape index (κ2) is 11.3. The Balaban J connectivity index is 1.42. The summed E-state index contributed by atoms with van der Waals surface area (Å²) >= 11 is 0. The van der Waals surface area contributed by atoms with Gasteiger partial charge in [0.2, 0.25) is 5.95 Å². The van der Waals surface area contributed by atoms with Crippen LogP contribution in [-0.4, -0.2) is 85.1 Å². The molecule has 4 aromatic heterocycles. The number of aromatic nitrogens is 6. The van der Waals surface area contributed by atoms with Crippen molar-refractivity contribution in [2.24, 2.45) is 0 Å². The molecule has 1 saturated heterocycles. The molecule has 1 unspecified atom stereocenters. The zero-order valence-electron chi connectivity index (χ0n) is 22.7. The van der Waals surface area contributed by atoms with Crippen LogP contribution < -0.4 is 20.3 Å². The van der Waals surface area contributed by atoms with E-state index in [9.17, 15) is 14.3 Å². The number of aliphatic hydroxyl groups is 1. The van der Waals surface area contributed by atoms with Gasteiger partial charge < -0.3 is 25.4 Å². The van der Waals surface area contributed by atoms with Crippen LogP contribution in [0.2, 0.25) is 0 Å². The Morgan fingerprint density at radius 3 is 2.73 bits per heavy atom. The van der Waals surface area contributed by atoms with Gasteiger partial charge in [0, 0.05) is 31.5 Å². The average Bonchev–Trinajstić information content (AvgIpc) is 3.62. The van der Waals surface area contributed by atoms with Crippen LogP contribution in [0.15, 0.2) is 43.2 Å². The third-order valence-corrected chi connectivity index (χ3v) is 6.80. The monoisotopic (exact) mass is 560 g/mol. The van der Waals surface area contributed by atoms with Crippen molar-refractivity contribution < 1.29 is 19.0 Å². The van der Waals surface area contributed by atoms with Crippen LogP contribution in [0.1, 0.15) is 36.2 Å². The zero-order valence-corrected chi connectivity index (χ0v) is 22.7. The van der Waals surface area contributed by atoms with Crippen molar-refractivity contribution in [2.75, 3.05) is 37.0 Å². The fourth-order valence-corrected chi connectivity index (χ4v) is 4.40. The molecule has 0 aromatic carbocycles. The van der Waals surface area contributed by atoms with Gasteiger partial charge in [-0.1, -0.05) is 0 Å². The van der Waals surface area contributed by atoms with E-state index in [1.165, 1.54) is 30.8 Å². The van der Waals surface area contributed by atoms with Crippen molar-refractivity contribution in [3.63, 3.8) is 0 Å². The molecule has 4 aromatic rings. The van der Waals surface area contributed by atoms with E-state index in [0.29, 0.717) is 52.9 Å². The van der Waals surface area contributed by atoms with Crippen LogP contribution in [0.4, 0.5) is 16.0 Å². The molecular formula is C27H29FN10O3. The van der Waals surface area contributed by atoms with Crippen molar-refractivity contribution in [1.82, 2.24) is 34.9 Å². The van der Waals surface area contributed by atoms with E-state index in [0.717, 1.165) is 6.42 Å². The smallest absolute Gasteiger partial charge is 0.255 e. The van der Waals surface area contributed by atoms with E-state index in [2.05, 4.69) is 35.7 Å². The molecule has 2 atom stereocenters. The molecule has 41 heavy (non-hydrogen) atoms. The number of anilines is 2. The molecule has 1 aliphatic heterocycles. The molecule has 3 N–H and O–H groups in total. The second-order valence-electron chi connectivity index (χ2n) is 10.2. The number of rotatable bonds is 9. The van der Waals surface area contributed by atoms with Gasteiger partial charge in [-0.05, 0) is 26.3 Å². The molecule has 13 nitrogen and oxygen atoms in total. The van der Waals surface area contributed by atoms with Gasteiger partial charge >= 0.3 is 0 Å². The van der Waals surface area contributed by atoms with Gasteiger partial charge in [0.25, 0.3) is 5.91 Å². The van der Waals surface area contributed by atoms with Crippen molar-refractivity contribution in [3.8, 4) is 23.1 Å². The van der Waals surface area contributed by atoms with Crippen molar-refractivity contribution in [3.05, 3.63) is 54.4 Å². The Morgan fingerprint density at radius 2 is 2.02 bits per heavy atom. The number of carbonyl (C=O) groups is 1. The number of halogens is 1. The summed E-state index contributed by atoms with van der Waals surface area (Å²) in [4.78, 5) is 32.7. The fraction of sp³-hybridized carbons (Fsp3) is 0.370. The van der Waals surface area contributed by atoms with Gasteiger partial charge in [-0.15, -0.1) is 0 Å². The van der Waals surface area contributed by atoms with E-state index in [1.807, 2.05) is 11.0 Å². The minimum Gasteiger partial charge on any atom is -0.494 e. The third-order valence-electron chi connectivity index (χ3n) is 6.80. The highest BCUT2D eigenvalue weighted by molar-refractivity contribution is 6.00. The predicted octanol–water partition coefficient (Wildman–Crippen LogP) is 1.99. The maximum atomic E-state index is 14.4. The highest BCUT2D eigenvalue weighted by Gasteiger charge is 2.29. The number of nitriles is 1. The van der Waals surface area contributed by atoms with E-state index < -0.39 is 17.7 Å². The van der Waals surface area contributed by atoms with Crippen LogP contribution in [0.3, 0.4) is 0 Å². The van der Waals surface area contributed by atoms with Gasteiger partial charge in [-0.3, -0.25) is 9.78 Å². The number of fused-ring (bicyclic) bond motifs is 1. The number of methoxy groups -OCH3 is 1. The SMILES string of the molecule is COc1cnc(N2CC[C@@H](Nc3cc(-c4cnn5cc(C#N)cnc45)ncc3C(=O)NCC(F)C(C)(C)O)C2)nc1. The summed E-state index contributed by atoms with van der Waals surface area (Å²) in [6.07, 6.45) is 8.32. The van der Waals surface area contributed by atoms with E-state index in [-0.39, 0.29) is 18.2 Å². The molecule has 1 amide bonds. The number of hydrogen-bond donors (Lipinski definition) is 3. The summed E-state index contributed by atoms with van der Waals surface area (Å²) in [5.41, 5.74) is 1.07. The summed E-state index contributed by atoms with van der Waals surface area (Å²) in [7, 11) is 1.55. The fourth-order valence-electron chi connectivity index (χ4n) is 4.40. The van der Waals surface area contributed by atoms with Crippen molar-refractivity contribution in [1.29, 1.82) is 5.26 Å². The first kappa shape index (κ1) is 27.7. The van der Waals surface area contributed by atoms with Gasteiger partial charge in [-0.2, -0.15) is 10.4 Å². The molecular weight excluding hydrogens is 531 g/mol. The van der Waals surface area contributed by atoms with Crippen molar-refractivity contribution in [2.45, 2.75) is 38.1 Å². The molecule has 0 bridgehead atoms. The van der Waals surface area contributed by atoms with E-state index in [1.54, 1.807) is 38.0 Å². The van der Waals surface area contributed by atoms with Crippen LogP contribution in [-0.2, 0) is 0 Å². The Morgan fingerprint density at radius 1 is 1.24 bits per heavy atom. The molecule has 0 aliphatic carbocycles. The lowest BCUT2D eigenvalue weighted by atomic mass is 10.0. The molecule has 5 rings (SSSR count). The number of pyridine rings is 1. The minimum absolute atomic E-state index is 0.0620. The standard InChI is InChI=1S/C27H29FN10O3/c1-27(2,40)23(28)13-32-25(39)20-11-30-21(19-12-35-38-14-16(7-29)8-31-24(19)38)6-22(20)36-17-4-5-37(15-17)26-33-9-18(41-3)10-34-26/h6,8-12,14,17,23,40H,4-5,13,15H2,1-3H3,(H,30,36)(H,32,39)/t17-,23?/m1/s1. The maximum Gasteiger partial charge on any atom is 0.255 e. The summed E-state index contributed by atoms with van der Waals surface area (Å²) in [6, 6.07) is 3.69. The largest absolute Gasteiger partial charge is 0.494 e. The quantitative estimate of drug-likeness (QED) is 0.274. The molecule has 1 aliphatic rings. The number of alkyl halides is 1. The molecule has 0 saturated carbocycles. The lowest BCUT2D eigenvalue weighted by Gasteiger charge is -2.23. The Kier molecular flexibility index (Phi) is 7.62. The number of ether oxygens (including phenoxy) is 1. The minimum atomic E-state index is -1.66. The summed E-state index contributed by atoms with van der Waals surface area (Å²) < 4.78 is 21.0. The molecule has 0 spiro atoms. The number of hydrogen-bond acceptors (Lipinski definition) is 11. The molecule has 0 radical (unpaired) electrons. The molecule has 212 valence electrons. The number of nitrogens with zero attached hydrogens (tertiary/aromatic N) is 8.